The molecule has 184 valence electrons. The molecule has 35 heavy (non-hydrogen) atoms. The monoisotopic (exact) mass is 471 g/mol. The Morgan fingerprint density at radius 3 is 2.60 bits per heavy atom. The molecule has 3 heterocycles. The summed E-state index contributed by atoms with van der Waals surface area (Å²) in [7, 11) is 0. The number of fused-ring (bicyclic) bond motifs is 2. The second kappa shape index (κ2) is 8.79. The van der Waals surface area contributed by atoms with E-state index in [0.717, 1.165) is 80.0 Å². The molecule has 2 aromatic rings. The van der Waals surface area contributed by atoms with Crippen LogP contribution in [0.4, 0.5) is 11.5 Å². The minimum atomic E-state index is 0.203. The van der Waals surface area contributed by atoms with Crippen molar-refractivity contribution in [1.29, 1.82) is 0 Å². The molecule has 1 amide bonds. The van der Waals surface area contributed by atoms with Crippen LogP contribution in [-0.4, -0.2) is 47.0 Å². The van der Waals surface area contributed by atoms with Crippen LogP contribution in [0.2, 0.25) is 0 Å². The summed E-state index contributed by atoms with van der Waals surface area (Å²) in [5.41, 5.74) is 4.83. The minimum absolute atomic E-state index is 0.203. The van der Waals surface area contributed by atoms with Crippen LogP contribution >= 0.6 is 0 Å². The average molecular weight is 472 g/mol. The molecule has 1 N–H and O–H groups in total. The number of amides is 1. The zero-order valence-corrected chi connectivity index (χ0v) is 20.7. The summed E-state index contributed by atoms with van der Waals surface area (Å²) >= 11 is 0. The second-order valence-electron chi connectivity index (χ2n) is 11.8. The first-order chi connectivity index (χ1) is 17.2. The molecule has 4 saturated carbocycles. The SMILES string of the molecule is O=C(CN1CCCc2ccccc21)N1CCc2c(ncnc2NCC2C3CC4CC(C3)CC2C4)C1. The number of rotatable bonds is 5. The van der Waals surface area contributed by atoms with E-state index in [4.69, 9.17) is 0 Å². The third-order valence-corrected chi connectivity index (χ3v) is 9.82. The number of nitrogens with zero attached hydrogens (tertiary/aromatic N) is 4. The van der Waals surface area contributed by atoms with E-state index in [1.165, 1.54) is 48.9 Å². The number of carbonyl (C=O) groups excluding carboxylic acids is 1. The van der Waals surface area contributed by atoms with Crippen molar-refractivity contribution in [3.05, 3.63) is 47.4 Å². The highest BCUT2D eigenvalue weighted by atomic mass is 16.2. The van der Waals surface area contributed by atoms with E-state index in [0.29, 0.717) is 13.1 Å². The van der Waals surface area contributed by atoms with Gasteiger partial charge in [-0.15, -0.1) is 0 Å². The topological polar surface area (TPSA) is 61.4 Å². The quantitative estimate of drug-likeness (QED) is 0.705. The molecule has 1 aromatic heterocycles. The van der Waals surface area contributed by atoms with Gasteiger partial charge in [-0.25, -0.2) is 9.97 Å². The number of para-hydroxylation sites is 1. The maximum atomic E-state index is 13.3. The molecule has 0 unspecified atom stereocenters. The number of carbonyl (C=O) groups is 1. The fourth-order valence-electron chi connectivity index (χ4n) is 8.34. The van der Waals surface area contributed by atoms with Crippen LogP contribution in [0.25, 0.3) is 0 Å². The smallest absolute Gasteiger partial charge is 0.242 e. The number of hydrogen-bond donors (Lipinski definition) is 1. The van der Waals surface area contributed by atoms with Gasteiger partial charge in [0.05, 0.1) is 18.8 Å². The van der Waals surface area contributed by atoms with E-state index < -0.39 is 0 Å². The number of anilines is 2. The second-order valence-corrected chi connectivity index (χ2v) is 11.8. The fourth-order valence-corrected chi connectivity index (χ4v) is 8.34. The molecule has 0 saturated heterocycles. The number of benzene rings is 1. The van der Waals surface area contributed by atoms with Crippen LogP contribution < -0.4 is 10.2 Å². The van der Waals surface area contributed by atoms with Gasteiger partial charge in [0.1, 0.15) is 12.1 Å². The Morgan fingerprint density at radius 1 is 0.971 bits per heavy atom. The normalized spacial score (nSPS) is 30.7. The summed E-state index contributed by atoms with van der Waals surface area (Å²) < 4.78 is 0. The molecule has 6 nitrogen and oxygen atoms in total. The van der Waals surface area contributed by atoms with Crippen molar-refractivity contribution in [1.82, 2.24) is 14.9 Å². The lowest BCUT2D eigenvalue weighted by molar-refractivity contribution is -0.130. The van der Waals surface area contributed by atoms with Crippen LogP contribution in [0.15, 0.2) is 30.6 Å². The van der Waals surface area contributed by atoms with Crippen molar-refractivity contribution in [2.24, 2.45) is 29.6 Å². The van der Waals surface area contributed by atoms with E-state index >= 15 is 0 Å². The Kier molecular flexibility index (Phi) is 5.43. The molecule has 1 aromatic carbocycles. The van der Waals surface area contributed by atoms with Crippen molar-refractivity contribution < 1.29 is 4.79 Å². The third kappa shape index (κ3) is 3.99. The first-order valence-electron chi connectivity index (χ1n) is 13.9. The lowest BCUT2D eigenvalue weighted by Crippen LogP contribution is -2.47. The van der Waals surface area contributed by atoms with E-state index in [-0.39, 0.29) is 5.91 Å². The summed E-state index contributed by atoms with van der Waals surface area (Å²) in [4.78, 5) is 26.8. The molecular weight excluding hydrogens is 434 g/mol. The number of aromatic nitrogens is 2. The summed E-state index contributed by atoms with van der Waals surface area (Å²) in [5.74, 6) is 5.90. The van der Waals surface area contributed by atoms with Gasteiger partial charge in [-0.3, -0.25) is 4.79 Å². The van der Waals surface area contributed by atoms with Gasteiger partial charge in [0.2, 0.25) is 5.91 Å². The molecule has 0 atom stereocenters. The highest BCUT2D eigenvalue weighted by molar-refractivity contribution is 5.82. The summed E-state index contributed by atoms with van der Waals surface area (Å²) in [5, 5.41) is 3.76. The largest absolute Gasteiger partial charge is 0.369 e. The summed E-state index contributed by atoms with van der Waals surface area (Å²) in [6.45, 7) is 3.80. The molecule has 0 radical (unpaired) electrons. The van der Waals surface area contributed by atoms with Gasteiger partial charge in [-0.2, -0.15) is 0 Å². The predicted molar refractivity (Wildman–Crippen MR) is 137 cm³/mol. The van der Waals surface area contributed by atoms with Gasteiger partial charge >= 0.3 is 0 Å². The number of aryl methyl sites for hydroxylation is 1. The van der Waals surface area contributed by atoms with Crippen LogP contribution in [-0.2, 0) is 24.2 Å². The van der Waals surface area contributed by atoms with Crippen molar-refractivity contribution in [2.75, 3.05) is 36.4 Å². The Bertz CT molecular complexity index is 1090. The van der Waals surface area contributed by atoms with E-state index in [1.54, 1.807) is 6.33 Å². The van der Waals surface area contributed by atoms with E-state index in [1.807, 2.05) is 4.90 Å². The van der Waals surface area contributed by atoms with Crippen LogP contribution in [0.3, 0.4) is 0 Å². The first kappa shape index (κ1) is 21.6. The molecule has 6 aliphatic rings. The predicted octanol–water partition coefficient (Wildman–Crippen LogP) is 4.30. The third-order valence-electron chi connectivity index (χ3n) is 9.82. The molecular formula is C29H37N5O. The molecule has 8 rings (SSSR count). The van der Waals surface area contributed by atoms with Gasteiger partial charge < -0.3 is 15.1 Å². The zero-order chi connectivity index (χ0) is 23.4. The Labute approximate surface area is 208 Å². The minimum Gasteiger partial charge on any atom is -0.369 e. The summed E-state index contributed by atoms with van der Waals surface area (Å²) in [6.07, 6.45) is 12.1. The lowest BCUT2D eigenvalue weighted by atomic mass is 9.52. The maximum absolute atomic E-state index is 13.3. The van der Waals surface area contributed by atoms with Crippen LogP contribution in [0.1, 0.15) is 55.3 Å². The van der Waals surface area contributed by atoms with Gasteiger partial charge in [0.15, 0.2) is 0 Å². The Hall–Kier alpha value is -2.63. The van der Waals surface area contributed by atoms with Crippen molar-refractivity contribution in [3.8, 4) is 0 Å². The van der Waals surface area contributed by atoms with Crippen molar-refractivity contribution in [2.45, 2.75) is 57.9 Å². The number of nitrogens with one attached hydrogen (secondary N) is 1. The van der Waals surface area contributed by atoms with E-state index in [9.17, 15) is 4.79 Å². The first-order valence-corrected chi connectivity index (χ1v) is 13.9. The van der Waals surface area contributed by atoms with Crippen LogP contribution in [0.5, 0.6) is 0 Å². The van der Waals surface area contributed by atoms with Gasteiger partial charge in [0, 0.05) is 30.9 Å². The average Bonchev–Trinajstić information content (AvgIpc) is 2.88. The van der Waals surface area contributed by atoms with Crippen LogP contribution in [0, 0.1) is 29.6 Å². The van der Waals surface area contributed by atoms with Crippen molar-refractivity contribution >= 4 is 17.4 Å². The van der Waals surface area contributed by atoms with Gasteiger partial charge in [0.25, 0.3) is 0 Å². The van der Waals surface area contributed by atoms with Gasteiger partial charge in [-0.05, 0) is 92.6 Å². The number of hydrogen-bond acceptors (Lipinski definition) is 5. The molecule has 0 spiro atoms. The zero-order valence-electron chi connectivity index (χ0n) is 20.7. The van der Waals surface area contributed by atoms with E-state index in [2.05, 4.69) is 44.5 Å². The molecule has 2 aliphatic heterocycles. The maximum Gasteiger partial charge on any atom is 0.242 e. The molecule has 4 fully saturated rings. The van der Waals surface area contributed by atoms with Gasteiger partial charge in [-0.1, -0.05) is 18.2 Å². The highest BCUT2D eigenvalue weighted by Gasteiger charge is 2.47. The van der Waals surface area contributed by atoms with Crippen molar-refractivity contribution in [3.63, 3.8) is 0 Å². The standard InChI is InChI=1S/C29H37N5O/c35-28(17-33-8-3-5-21-4-1-2-6-27(21)33)34-9-7-24-26(16-34)31-18-32-29(24)30-15-25-22-11-19-10-20(13-22)14-23(25)12-19/h1-2,4,6,18-20,22-23,25H,3,5,7-17H2,(H,30,31,32). The lowest BCUT2D eigenvalue weighted by Gasteiger charge is -2.54. The fraction of sp³-hybridized carbons (Fsp3) is 0.621. The molecule has 4 aliphatic carbocycles. The highest BCUT2D eigenvalue weighted by Crippen LogP contribution is 2.56. The Balaban J connectivity index is 1.01. The molecule has 4 bridgehead atoms. The summed E-state index contributed by atoms with van der Waals surface area (Å²) in [6, 6.07) is 8.52. The molecule has 6 heteroatoms. The Morgan fingerprint density at radius 2 is 1.77 bits per heavy atom.